The van der Waals surface area contributed by atoms with Crippen molar-refractivity contribution in [3.8, 4) is 22.7 Å². The van der Waals surface area contributed by atoms with E-state index < -0.39 is 0 Å². The molecule has 4 N–H and O–H groups in total. The van der Waals surface area contributed by atoms with Crippen LogP contribution in [0.2, 0.25) is 0 Å². The van der Waals surface area contributed by atoms with E-state index in [1.54, 1.807) is 36.5 Å². The summed E-state index contributed by atoms with van der Waals surface area (Å²) in [6.45, 7) is 0. The molecule has 0 fully saturated rings. The minimum absolute atomic E-state index is 0.170. The van der Waals surface area contributed by atoms with E-state index in [1.807, 2.05) is 0 Å². The maximum absolute atomic E-state index is 11.9. The fourth-order valence-corrected chi connectivity index (χ4v) is 2.51. The summed E-state index contributed by atoms with van der Waals surface area (Å²) in [4.78, 5) is 22.9. The Morgan fingerprint density at radius 2 is 1.92 bits per heavy atom. The quantitative estimate of drug-likeness (QED) is 0.514. The fraction of sp³-hybridized carbons (Fsp3) is 0. The summed E-state index contributed by atoms with van der Waals surface area (Å²) in [5.41, 5.74) is 7.70. The Balaban J connectivity index is 1.90. The van der Waals surface area contributed by atoms with Crippen LogP contribution < -0.4 is 11.3 Å². The van der Waals surface area contributed by atoms with Crippen molar-refractivity contribution in [2.45, 2.75) is 0 Å². The summed E-state index contributed by atoms with van der Waals surface area (Å²) in [7, 11) is 0. The summed E-state index contributed by atoms with van der Waals surface area (Å²) in [6.07, 6.45) is 4.56. The lowest BCUT2D eigenvalue weighted by Crippen LogP contribution is -2.09. The lowest BCUT2D eigenvalue weighted by molar-refractivity contribution is 0.475. The van der Waals surface area contributed by atoms with E-state index >= 15 is 0 Å². The van der Waals surface area contributed by atoms with Gasteiger partial charge in [0, 0.05) is 18.0 Å². The van der Waals surface area contributed by atoms with E-state index in [9.17, 15) is 9.90 Å². The molecule has 3 heterocycles. The van der Waals surface area contributed by atoms with Gasteiger partial charge in [0.25, 0.3) is 5.56 Å². The summed E-state index contributed by atoms with van der Waals surface area (Å²) in [6, 6.07) is 8.23. The van der Waals surface area contributed by atoms with Crippen molar-refractivity contribution < 1.29 is 5.11 Å². The van der Waals surface area contributed by atoms with Crippen LogP contribution in [-0.4, -0.2) is 29.8 Å². The highest BCUT2D eigenvalue weighted by Crippen LogP contribution is 2.28. The number of phenols is 1. The Kier molecular flexibility index (Phi) is 3.02. The van der Waals surface area contributed by atoms with Crippen molar-refractivity contribution in [3.05, 3.63) is 59.4 Å². The molecule has 0 aliphatic rings. The van der Waals surface area contributed by atoms with Gasteiger partial charge in [0.1, 0.15) is 11.3 Å². The minimum atomic E-state index is -0.248. The molecule has 0 amide bonds. The smallest absolute Gasteiger partial charge is 0.258 e. The van der Waals surface area contributed by atoms with Gasteiger partial charge in [-0.05, 0) is 23.8 Å². The van der Waals surface area contributed by atoms with Crippen molar-refractivity contribution in [1.29, 1.82) is 0 Å². The lowest BCUT2D eigenvalue weighted by atomic mass is 10.1. The van der Waals surface area contributed by atoms with Crippen LogP contribution in [0.3, 0.4) is 0 Å². The zero-order chi connectivity index (χ0) is 16.7. The predicted octanol–water partition coefficient (Wildman–Crippen LogP) is 1.46. The number of anilines is 1. The van der Waals surface area contributed by atoms with Gasteiger partial charge in [-0.25, -0.2) is 14.6 Å². The molecule has 4 rings (SSSR count). The second-order valence-electron chi connectivity index (χ2n) is 5.18. The normalized spacial score (nSPS) is 11.0. The van der Waals surface area contributed by atoms with Crippen molar-refractivity contribution in [2.24, 2.45) is 0 Å². The van der Waals surface area contributed by atoms with Crippen molar-refractivity contribution >= 4 is 16.7 Å². The largest absolute Gasteiger partial charge is 0.508 e. The predicted molar refractivity (Wildman–Crippen MR) is 88.8 cm³/mol. The Morgan fingerprint density at radius 3 is 2.71 bits per heavy atom. The number of hydrogen-bond acceptors (Lipinski definition) is 6. The maximum atomic E-state index is 11.9. The third kappa shape index (κ3) is 2.17. The molecule has 0 saturated heterocycles. The van der Waals surface area contributed by atoms with Crippen molar-refractivity contribution in [1.82, 2.24) is 24.7 Å². The summed E-state index contributed by atoms with van der Waals surface area (Å²) in [5, 5.41) is 14.1. The Bertz CT molecular complexity index is 1100. The van der Waals surface area contributed by atoms with E-state index in [-0.39, 0.29) is 11.3 Å². The number of H-pyrrole nitrogens is 1. The number of nitrogens with two attached hydrogens (primary N) is 1. The summed E-state index contributed by atoms with van der Waals surface area (Å²) < 4.78 is 1.49. The van der Waals surface area contributed by atoms with Gasteiger partial charge in [-0.2, -0.15) is 0 Å². The van der Waals surface area contributed by atoms with E-state index in [4.69, 9.17) is 5.73 Å². The molecule has 0 atom stereocenters. The number of benzene rings is 1. The van der Waals surface area contributed by atoms with Gasteiger partial charge >= 0.3 is 0 Å². The molecular weight excluding hydrogens is 308 g/mol. The first kappa shape index (κ1) is 13.9. The number of aromatic amines is 1. The molecule has 118 valence electrons. The fourth-order valence-electron chi connectivity index (χ4n) is 2.51. The van der Waals surface area contributed by atoms with Crippen LogP contribution in [0.4, 0.5) is 5.82 Å². The standard InChI is InChI=1S/C16H12N6O2/c17-14-12(9-1-3-10(23)4-2-9)7-22(21-14)15-13-11(5-6-18-15)16(24)20-8-19-13/h1-8,23H,(H2,17,21)(H,19,20,24). The summed E-state index contributed by atoms with van der Waals surface area (Å²) >= 11 is 0. The highest BCUT2D eigenvalue weighted by molar-refractivity contribution is 5.84. The molecule has 4 aromatic rings. The van der Waals surface area contributed by atoms with Crippen LogP contribution in [0, 0.1) is 0 Å². The van der Waals surface area contributed by atoms with Gasteiger partial charge in [0.15, 0.2) is 11.6 Å². The zero-order valence-corrected chi connectivity index (χ0v) is 12.3. The second kappa shape index (κ2) is 5.20. The Labute approximate surface area is 135 Å². The van der Waals surface area contributed by atoms with Gasteiger partial charge < -0.3 is 15.8 Å². The Morgan fingerprint density at radius 1 is 1.12 bits per heavy atom. The number of rotatable bonds is 2. The van der Waals surface area contributed by atoms with Crippen LogP contribution in [0.1, 0.15) is 0 Å². The molecule has 0 saturated carbocycles. The van der Waals surface area contributed by atoms with Gasteiger partial charge in [0.2, 0.25) is 0 Å². The number of aromatic nitrogens is 5. The number of nitrogens with one attached hydrogen (secondary N) is 1. The molecule has 0 aliphatic heterocycles. The topological polar surface area (TPSA) is 123 Å². The molecule has 0 bridgehead atoms. The number of fused-ring (bicyclic) bond motifs is 1. The third-order valence-corrected chi connectivity index (χ3v) is 3.68. The van der Waals surface area contributed by atoms with Crippen LogP contribution in [0.5, 0.6) is 5.75 Å². The number of pyridine rings is 1. The average molecular weight is 320 g/mol. The first-order valence-electron chi connectivity index (χ1n) is 7.11. The first-order chi connectivity index (χ1) is 11.6. The highest BCUT2D eigenvalue weighted by atomic mass is 16.3. The highest BCUT2D eigenvalue weighted by Gasteiger charge is 2.14. The molecule has 3 aromatic heterocycles. The van der Waals surface area contributed by atoms with E-state index in [1.165, 1.54) is 17.2 Å². The number of aromatic hydroxyl groups is 1. The second-order valence-corrected chi connectivity index (χ2v) is 5.18. The van der Waals surface area contributed by atoms with E-state index in [2.05, 4.69) is 20.1 Å². The number of nitrogen functional groups attached to an aromatic ring is 1. The molecule has 0 radical (unpaired) electrons. The number of nitrogens with zero attached hydrogens (tertiary/aromatic N) is 4. The van der Waals surface area contributed by atoms with Gasteiger partial charge in [0.05, 0.1) is 11.7 Å². The molecule has 0 aliphatic carbocycles. The van der Waals surface area contributed by atoms with E-state index in [0.29, 0.717) is 28.1 Å². The van der Waals surface area contributed by atoms with Crippen LogP contribution in [-0.2, 0) is 0 Å². The molecule has 1 aromatic carbocycles. The van der Waals surface area contributed by atoms with Crippen LogP contribution >= 0.6 is 0 Å². The van der Waals surface area contributed by atoms with Crippen LogP contribution in [0.25, 0.3) is 27.8 Å². The van der Waals surface area contributed by atoms with Gasteiger partial charge in [-0.3, -0.25) is 4.79 Å². The molecular formula is C16H12N6O2. The molecule has 8 nitrogen and oxygen atoms in total. The Hall–Kier alpha value is -3.68. The van der Waals surface area contributed by atoms with Crippen molar-refractivity contribution in [3.63, 3.8) is 0 Å². The van der Waals surface area contributed by atoms with E-state index in [0.717, 1.165) is 5.56 Å². The van der Waals surface area contributed by atoms with Gasteiger partial charge in [-0.1, -0.05) is 12.1 Å². The molecule has 0 spiro atoms. The van der Waals surface area contributed by atoms with Crippen molar-refractivity contribution in [2.75, 3.05) is 5.73 Å². The zero-order valence-electron chi connectivity index (χ0n) is 12.3. The third-order valence-electron chi connectivity index (χ3n) is 3.68. The lowest BCUT2D eigenvalue weighted by Gasteiger charge is -2.03. The number of phenolic OH excluding ortho intramolecular Hbond substituents is 1. The minimum Gasteiger partial charge on any atom is -0.508 e. The monoisotopic (exact) mass is 320 g/mol. The van der Waals surface area contributed by atoms with Crippen LogP contribution in [0.15, 0.2) is 53.8 Å². The SMILES string of the molecule is Nc1nn(-c2nccc3c(=O)[nH]cnc23)cc1-c1ccc(O)cc1. The summed E-state index contributed by atoms with van der Waals surface area (Å²) in [5.74, 6) is 0.892. The molecule has 8 heteroatoms. The molecule has 0 unspecified atom stereocenters. The molecule has 24 heavy (non-hydrogen) atoms. The first-order valence-corrected chi connectivity index (χ1v) is 7.11. The maximum Gasteiger partial charge on any atom is 0.258 e. The van der Waals surface area contributed by atoms with Gasteiger partial charge in [-0.15, -0.1) is 5.10 Å². The average Bonchev–Trinajstić information content (AvgIpc) is 2.97. The number of hydrogen-bond donors (Lipinski definition) is 3.